The molecule has 2 aromatic rings. The smallest absolute Gasteiger partial charge is 0.122 e. The average molecular weight is 271 g/mol. The molecule has 98 valence electrons. The van der Waals surface area contributed by atoms with Gasteiger partial charge in [0.1, 0.15) is 5.75 Å². The molecule has 2 nitrogen and oxygen atoms in total. The summed E-state index contributed by atoms with van der Waals surface area (Å²) in [4.78, 5) is 1.17. The topological polar surface area (TPSA) is 35.2 Å². The van der Waals surface area contributed by atoms with E-state index < -0.39 is 0 Å². The van der Waals surface area contributed by atoms with Gasteiger partial charge in [-0.3, -0.25) is 0 Å². The van der Waals surface area contributed by atoms with Gasteiger partial charge in [0.25, 0.3) is 0 Å². The number of rotatable bonds is 3. The number of aryl methyl sites for hydroxylation is 1. The van der Waals surface area contributed by atoms with Crippen LogP contribution in [-0.4, -0.2) is 12.4 Å². The monoisotopic (exact) mass is 271 g/mol. The highest BCUT2D eigenvalue weighted by Crippen LogP contribution is 2.38. The summed E-state index contributed by atoms with van der Waals surface area (Å²) >= 11 is 1.82. The first kappa shape index (κ1) is 12.4. The SMILES string of the molecule is Cc1cccc(SCC2COc3ccccc32)c1N. The Morgan fingerprint density at radius 1 is 1.21 bits per heavy atom. The summed E-state index contributed by atoms with van der Waals surface area (Å²) in [6.45, 7) is 2.82. The van der Waals surface area contributed by atoms with Gasteiger partial charge in [0.15, 0.2) is 0 Å². The van der Waals surface area contributed by atoms with Crippen molar-refractivity contribution in [3.63, 3.8) is 0 Å². The van der Waals surface area contributed by atoms with Crippen LogP contribution in [0.15, 0.2) is 47.4 Å². The van der Waals surface area contributed by atoms with Gasteiger partial charge in [0.2, 0.25) is 0 Å². The zero-order valence-electron chi connectivity index (χ0n) is 10.9. The van der Waals surface area contributed by atoms with Crippen LogP contribution in [0.4, 0.5) is 5.69 Å². The van der Waals surface area contributed by atoms with Crippen LogP contribution >= 0.6 is 11.8 Å². The van der Waals surface area contributed by atoms with Crippen LogP contribution in [0.1, 0.15) is 17.0 Å². The molecule has 2 aromatic carbocycles. The van der Waals surface area contributed by atoms with Gasteiger partial charge in [0.05, 0.1) is 6.61 Å². The Morgan fingerprint density at radius 3 is 2.95 bits per heavy atom. The van der Waals surface area contributed by atoms with Gasteiger partial charge in [-0.1, -0.05) is 30.3 Å². The number of fused-ring (bicyclic) bond motifs is 1. The van der Waals surface area contributed by atoms with Gasteiger partial charge in [-0.2, -0.15) is 0 Å². The van der Waals surface area contributed by atoms with Crippen molar-refractivity contribution in [1.29, 1.82) is 0 Å². The average Bonchev–Trinajstić information content (AvgIpc) is 2.84. The maximum atomic E-state index is 6.11. The summed E-state index contributed by atoms with van der Waals surface area (Å²) < 4.78 is 5.71. The quantitative estimate of drug-likeness (QED) is 0.680. The zero-order valence-corrected chi connectivity index (χ0v) is 11.7. The van der Waals surface area contributed by atoms with Crippen LogP contribution in [0.3, 0.4) is 0 Å². The summed E-state index contributed by atoms with van der Waals surface area (Å²) in [5.41, 5.74) is 9.48. The minimum Gasteiger partial charge on any atom is -0.493 e. The Morgan fingerprint density at radius 2 is 2.05 bits per heavy atom. The Bertz CT molecular complexity index is 597. The number of ether oxygens (including phenoxy) is 1. The first-order valence-electron chi connectivity index (χ1n) is 6.45. The Balaban J connectivity index is 1.73. The van der Waals surface area contributed by atoms with Crippen LogP contribution in [0, 0.1) is 6.92 Å². The first-order chi connectivity index (χ1) is 9.25. The fourth-order valence-electron chi connectivity index (χ4n) is 2.34. The number of para-hydroxylation sites is 2. The standard InChI is InChI=1S/C16H17NOS/c1-11-5-4-8-15(16(11)17)19-10-12-9-18-14-7-3-2-6-13(12)14/h2-8,12H,9-10,17H2,1H3. The van der Waals surface area contributed by atoms with Crippen molar-refractivity contribution in [1.82, 2.24) is 0 Å². The van der Waals surface area contributed by atoms with Crippen molar-refractivity contribution in [2.45, 2.75) is 17.7 Å². The molecule has 1 heterocycles. The van der Waals surface area contributed by atoms with Crippen LogP contribution in [0.5, 0.6) is 5.75 Å². The van der Waals surface area contributed by atoms with Crippen LogP contribution < -0.4 is 10.5 Å². The van der Waals surface area contributed by atoms with Crippen molar-refractivity contribution in [2.24, 2.45) is 0 Å². The second-order valence-corrected chi connectivity index (χ2v) is 5.91. The molecule has 0 fully saturated rings. The van der Waals surface area contributed by atoms with Crippen molar-refractivity contribution >= 4 is 17.4 Å². The Labute approximate surface area is 118 Å². The second kappa shape index (κ2) is 5.17. The molecule has 0 saturated heterocycles. The number of hydrogen-bond donors (Lipinski definition) is 1. The zero-order chi connectivity index (χ0) is 13.2. The molecule has 3 heteroatoms. The van der Waals surface area contributed by atoms with Crippen molar-refractivity contribution < 1.29 is 4.74 Å². The summed E-state index contributed by atoms with van der Waals surface area (Å²) in [5, 5.41) is 0. The van der Waals surface area contributed by atoms with E-state index in [9.17, 15) is 0 Å². The minimum absolute atomic E-state index is 0.459. The number of nitrogen functional groups attached to an aromatic ring is 1. The van der Waals surface area contributed by atoms with Gasteiger partial charge in [-0.05, 0) is 24.6 Å². The van der Waals surface area contributed by atoms with Crippen LogP contribution in [0.2, 0.25) is 0 Å². The second-order valence-electron chi connectivity index (χ2n) is 4.84. The largest absolute Gasteiger partial charge is 0.493 e. The molecule has 3 rings (SSSR count). The third-order valence-electron chi connectivity index (χ3n) is 3.52. The molecule has 0 bridgehead atoms. The summed E-state index contributed by atoms with van der Waals surface area (Å²) in [6.07, 6.45) is 0. The highest BCUT2D eigenvalue weighted by Gasteiger charge is 2.23. The normalized spacial score (nSPS) is 17.0. The molecular formula is C16H17NOS. The van der Waals surface area contributed by atoms with Crippen molar-refractivity contribution in [2.75, 3.05) is 18.1 Å². The van der Waals surface area contributed by atoms with Gasteiger partial charge in [-0.15, -0.1) is 11.8 Å². The maximum Gasteiger partial charge on any atom is 0.122 e. The molecule has 0 aromatic heterocycles. The third-order valence-corrected chi connectivity index (χ3v) is 4.76. The lowest BCUT2D eigenvalue weighted by Gasteiger charge is -2.11. The predicted octanol–water partition coefficient (Wildman–Crippen LogP) is 3.85. The number of anilines is 1. The lowest BCUT2D eigenvalue weighted by Crippen LogP contribution is -2.04. The van der Waals surface area contributed by atoms with Gasteiger partial charge < -0.3 is 10.5 Å². The number of benzene rings is 2. The van der Waals surface area contributed by atoms with Gasteiger partial charge in [-0.25, -0.2) is 0 Å². The molecular weight excluding hydrogens is 254 g/mol. The maximum absolute atomic E-state index is 6.11. The highest BCUT2D eigenvalue weighted by atomic mass is 32.2. The molecule has 0 spiro atoms. The van der Waals surface area contributed by atoms with Crippen molar-refractivity contribution in [3.05, 3.63) is 53.6 Å². The van der Waals surface area contributed by atoms with E-state index in [-0.39, 0.29) is 0 Å². The Kier molecular flexibility index (Phi) is 3.38. The van der Waals surface area contributed by atoms with Crippen LogP contribution in [-0.2, 0) is 0 Å². The summed E-state index contributed by atoms with van der Waals surface area (Å²) in [5.74, 6) is 2.50. The number of hydrogen-bond acceptors (Lipinski definition) is 3. The molecule has 0 radical (unpaired) electrons. The van der Waals surface area contributed by atoms with E-state index in [2.05, 4.69) is 24.3 Å². The van der Waals surface area contributed by atoms with Gasteiger partial charge in [0, 0.05) is 27.8 Å². The van der Waals surface area contributed by atoms with E-state index in [1.807, 2.05) is 36.9 Å². The van der Waals surface area contributed by atoms with Gasteiger partial charge >= 0.3 is 0 Å². The van der Waals surface area contributed by atoms with E-state index in [1.54, 1.807) is 0 Å². The fourth-order valence-corrected chi connectivity index (χ4v) is 3.49. The predicted molar refractivity (Wildman–Crippen MR) is 81.0 cm³/mol. The molecule has 1 unspecified atom stereocenters. The molecule has 0 aliphatic carbocycles. The lowest BCUT2D eigenvalue weighted by molar-refractivity contribution is 0.339. The molecule has 1 atom stereocenters. The molecule has 0 saturated carbocycles. The minimum atomic E-state index is 0.459. The first-order valence-corrected chi connectivity index (χ1v) is 7.44. The van der Waals surface area contributed by atoms with E-state index in [4.69, 9.17) is 10.5 Å². The lowest BCUT2D eigenvalue weighted by atomic mass is 10.0. The van der Waals surface area contributed by atoms with E-state index in [1.165, 1.54) is 10.5 Å². The Hall–Kier alpha value is -1.61. The fraction of sp³-hybridized carbons (Fsp3) is 0.250. The van der Waals surface area contributed by atoms with Crippen LogP contribution in [0.25, 0.3) is 0 Å². The highest BCUT2D eigenvalue weighted by molar-refractivity contribution is 7.99. The van der Waals surface area contributed by atoms with E-state index in [0.717, 1.165) is 29.4 Å². The molecule has 2 N–H and O–H groups in total. The van der Waals surface area contributed by atoms with E-state index in [0.29, 0.717) is 5.92 Å². The molecule has 1 aliphatic rings. The number of thioether (sulfide) groups is 1. The molecule has 19 heavy (non-hydrogen) atoms. The summed E-state index contributed by atoms with van der Waals surface area (Å²) in [7, 11) is 0. The van der Waals surface area contributed by atoms with Crippen molar-refractivity contribution in [3.8, 4) is 5.75 Å². The molecule has 0 amide bonds. The number of nitrogens with two attached hydrogens (primary N) is 1. The summed E-state index contributed by atoms with van der Waals surface area (Å²) in [6, 6.07) is 14.5. The third kappa shape index (κ3) is 2.43. The van der Waals surface area contributed by atoms with E-state index >= 15 is 0 Å². The molecule has 1 aliphatic heterocycles.